The molecule has 2 rings (SSSR count). The smallest absolute Gasteiger partial charge is 0.282 e. The van der Waals surface area contributed by atoms with E-state index >= 15 is 0 Å². The Labute approximate surface area is 121 Å². The number of hydrogen-bond acceptors (Lipinski definition) is 4. The highest BCUT2D eigenvalue weighted by Gasteiger charge is 2.34. The predicted molar refractivity (Wildman–Crippen MR) is 75.4 cm³/mol. The van der Waals surface area contributed by atoms with Gasteiger partial charge in [-0.05, 0) is 38.3 Å². The SMILES string of the molecule is CC1CCCC(CN)N1C(=O)c1cc(F)ccc1[N+](=O)[O-]. The maximum absolute atomic E-state index is 13.4. The minimum atomic E-state index is -0.669. The van der Waals surface area contributed by atoms with Crippen LogP contribution in [0.1, 0.15) is 36.5 Å². The van der Waals surface area contributed by atoms with Gasteiger partial charge in [0.2, 0.25) is 0 Å². The number of carbonyl (C=O) groups is 1. The lowest BCUT2D eigenvalue weighted by molar-refractivity contribution is -0.385. The van der Waals surface area contributed by atoms with Crippen LogP contribution >= 0.6 is 0 Å². The molecular weight excluding hydrogens is 277 g/mol. The van der Waals surface area contributed by atoms with Crippen molar-refractivity contribution in [2.45, 2.75) is 38.3 Å². The number of piperidine rings is 1. The van der Waals surface area contributed by atoms with Crippen LogP contribution in [0.25, 0.3) is 0 Å². The molecule has 2 atom stereocenters. The minimum absolute atomic E-state index is 0.0670. The van der Waals surface area contributed by atoms with Crippen molar-refractivity contribution < 1.29 is 14.1 Å². The van der Waals surface area contributed by atoms with Crippen LogP contribution < -0.4 is 5.73 Å². The van der Waals surface area contributed by atoms with E-state index in [-0.39, 0.29) is 23.3 Å². The van der Waals surface area contributed by atoms with Crippen LogP contribution in [0.15, 0.2) is 18.2 Å². The van der Waals surface area contributed by atoms with Crippen molar-refractivity contribution in [1.82, 2.24) is 4.90 Å². The molecule has 0 aromatic heterocycles. The van der Waals surface area contributed by atoms with E-state index in [1.807, 2.05) is 6.92 Å². The van der Waals surface area contributed by atoms with Crippen molar-refractivity contribution in [2.75, 3.05) is 6.54 Å². The number of carbonyl (C=O) groups excluding carboxylic acids is 1. The Morgan fingerprint density at radius 1 is 1.52 bits per heavy atom. The molecule has 1 saturated heterocycles. The van der Waals surface area contributed by atoms with Crippen LogP contribution in [-0.2, 0) is 0 Å². The molecule has 6 nitrogen and oxygen atoms in total. The van der Waals surface area contributed by atoms with E-state index in [1.54, 1.807) is 4.90 Å². The second-order valence-electron chi connectivity index (χ2n) is 5.30. The molecular formula is C14H18FN3O3. The number of nitrogens with two attached hydrogens (primary N) is 1. The maximum atomic E-state index is 13.4. The Morgan fingerprint density at radius 2 is 2.24 bits per heavy atom. The standard InChI is InChI=1S/C14H18FN3O3/c1-9-3-2-4-11(8-16)17(9)14(19)12-7-10(15)5-6-13(12)18(20)21/h5-7,9,11H,2-4,8,16H2,1H3. The first-order chi connectivity index (χ1) is 9.95. The number of rotatable bonds is 3. The van der Waals surface area contributed by atoms with E-state index in [0.717, 1.165) is 37.5 Å². The molecule has 0 saturated carbocycles. The monoisotopic (exact) mass is 295 g/mol. The molecule has 114 valence electrons. The largest absolute Gasteiger partial charge is 0.331 e. The second-order valence-corrected chi connectivity index (χ2v) is 5.30. The number of amides is 1. The van der Waals surface area contributed by atoms with Gasteiger partial charge in [0, 0.05) is 24.7 Å². The third kappa shape index (κ3) is 3.02. The number of hydrogen-bond donors (Lipinski definition) is 1. The zero-order chi connectivity index (χ0) is 15.6. The first kappa shape index (κ1) is 15.4. The molecule has 2 unspecified atom stereocenters. The first-order valence-electron chi connectivity index (χ1n) is 6.92. The van der Waals surface area contributed by atoms with Crippen LogP contribution in [0.4, 0.5) is 10.1 Å². The molecule has 1 heterocycles. The number of nitrogens with zero attached hydrogens (tertiary/aromatic N) is 2. The van der Waals surface area contributed by atoms with Gasteiger partial charge in [-0.3, -0.25) is 14.9 Å². The number of benzene rings is 1. The highest BCUT2D eigenvalue weighted by atomic mass is 19.1. The lowest BCUT2D eigenvalue weighted by Crippen LogP contribution is -2.52. The summed E-state index contributed by atoms with van der Waals surface area (Å²) in [6.45, 7) is 2.17. The van der Waals surface area contributed by atoms with Crippen molar-refractivity contribution in [2.24, 2.45) is 5.73 Å². The molecule has 7 heteroatoms. The van der Waals surface area contributed by atoms with Crippen molar-refractivity contribution in [3.05, 3.63) is 39.7 Å². The van der Waals surface area contributed by atoms with Gasteiger partial charge in [0.1, 0.15) is 11.4 Å². The Balaban J connectivity index is 2.42. The van der Waals surface area contributed by atoms with Gasteiger partial charge < -0.3 is 10.6 Å². The Hall–Kier alpha value is -2.02. The van der Waals surface area contributed by atoms with E-state index in [4.69, 9.17) is 5.73 Å². The van der Waals surface area contributed by atoms with Gasteiger partial charge >= 0.3 is 0 Å². The molecule has 1 aliphatic rings. The molecule has 2 N–H and O–H groups in total. The summed E-state index contributed by atoms with van der Waals surface area (Å²) in [6.07, 6.45) is 2.53. The molecule has 1 aliphatic heterocycles. The van der Waals surface area contributed by atoms with Gasteiger partial charge in [0.25, 0.3) is 11.6 Å². The highest BCUT2D eigenvalue weighted by molar-refractivity contribution is 5.98. The van der Waals surface area contributed by atoms with Gasteiger partial charge in [-0.15, -0.1) is 0 Å². The Kier molecular flexibility index (Phi) is 4.52. The molecule has 1 aromatic carbocycles. The average Bonchev–Trinajstić information content (AvgIpc) is 2.45. The molecule has 1 amide bonds. The van der Waals surface area contributed by atoms with Gasteiger partial charge in [-0.1, -0.05) is 0 Å². The third-order valence-corrected chi connectivity index (χ3v) is 3.92. The molecule has 21 heavy (non-hydrogen) atoms. The van der Waals surface area contributed by atoms with Crippen molar-refractivity contribution in [1.29, 1.82) is 0 Å². The molecule has 0 bridgehead atoms. The van der Waals surface area contributed by atoms with Crippen LogP contribution in [0.3, 0.4) is 0 Å². The minimum Gasteiger partial charge on any atom is -0.331 e. The lowest BCUT2D eigenvalue weighted by Gasteiger charge is -2.40. The summed E-state index contributed by atoms with van der Waals surface area (Å²) in [5, 5.41) is 11.0. The van der Waals surface area contributed by atoms with Gasteiger partial charge in [0.15, 0.2) is 0 Å². The number of nitro benzene ring substituents is 1. The fraction of sp³-hybridized carbons (Fsp3) is 0.500. The Bertz CT molecular complexity index is 564. The van der Waals surface area contributed by atoms with Gasteiger partial charge in [-0.2, -0.15) is 0 Å². The summed E-state index contributed by atoms with van der Waals surface area (Å²) >= 11 is 0. The maximum Gasteiger partial charge on any atom is 0.282 e. The van der Waals surface area contributed by atoms with Crippen LogP contribution in [0, 0.1) is 15.9 Å². The average molecular weight is 295 g/mol. The second kappa shape index (κ2) is 6.17. The lowest BCUT2D eigenvalue weighted by atomic mass is 9.95. The van der Waals surface area contributed by atoms with Gasteiger partial charge in [-0.25, -0.2) is 4.39 Å². The van der Waals surface area contributed by atoms with Crippen molar-refractivity contribution in [3.63, 3.8) is 0 Å². The van der Waals surface area contributed by atoms with E-state index in [0.29, 0.717) is 6.54 Å². The van der Waals surface area contributed by atoms with Crippen LogP contribution in [-0.4, -0.2) is 34.4 Å². The molecule has 0 radical (unpaired) electrons. The van der Waals surface area contributed by atoms with Crippen molar-refractivity contribution in [3.8, 4) is 0 Å². The number of likely N-dealkylation sites (tertiary alicyclic amines) is 1. The predicted octanol–water partition coefficient (Wildman–Crippen LogP) is 2.08. The zero-order valence-electron chi connectivity index (χ0n) is 11.8. The zero-order valence-corrected chi connectivity index (χ0v) is 11.8. The topological polar surface area (TPSA) is 89.5 Å². The van der Waals surface area contributed by atoms with E-state index in [2.05, 4.69) is 0 Å². The van der Waals surface area contributed by atoms with Crippen LogP contribution in [0.2, 0.25) is 0 Å². The fourth-order valence-electron chi connectivity index (χ4n) is 2.86. The number of halogens is 1. The molecule has 0 spiro atoms. The van der Waals surface area contributed by atoms with E-state index < -0.39 is 16.6 Å². The quantitative estimate of drug-likeness (QED) is 0.683. The summed E-state index contributed by atoms with van der Waals surface area (Å²) in [6, 6.07) is 2.70. The summed E-state index contributed by atoms with van der Waals surface area (Å²) in [4.78, 5) is 24.6. The normalized spacial score (nSPS) is 22.1. The highest BCUT2D eigenvalue weighted by Crippen LogP contribution is 2.28. The summed E-state index contributed by atoms with van der Waals surface area (Å²) in [5.74, 6) is -1.19. The van der Waals surface area contributed by atoms with Crippen molar-refractivity contribution >= 4 is 11.6 Å². The fourth-order valence-corrected chi connectivity index (χ4v) is 2.86. The summed E-state index contributed by atoms with van der Waals surface area (Å²) in [7, 11) is 0. The van der Waals surface area contributed by atoms with E-state index in [9.17, 15) is 19.3 Å². The molecule has 1 fully saturated rings. The third-order valence-electron chi connectivity index (χ3n) is 3.92. The molecule has 0 aliphatic carbocycles. The summed E-state index contributed by atoms with van der Waals surface area (Å²) < 4.78 is 13.4. The number of nitro groups is 1. The Morgan fingerprint density at radius 3 is 2.86 bits per heavy atom. The molecule has 1 aromatic rings. The summed E-state index contributed by atoms with van der Waals surface area (Å²) in [5.41, 5.74) is 5.10. The first-order valence-corrected chi connectivity index (χ1v) is 6.92. The van der Waals surface area contributed by atoms with Gasteiger partial charge in [0.05, 0.1) is 4.92 Å². The van der Waals surface area contributed by atoms with Crippen LogP contribution in [0.5, 0.6) is 0 Å². The van der Waals surface area contributed by atoms with E-state index in [1.165, 1.54) is 0 Å².